The number of aryl methyl sites for hydroxylation is 1. The number of carbonyl (C=O) groups is 2. The molecule has 0 saturated heterocycles. The van der Waals surface area contributed by atoms with Crippen LogP contribution >= 0.6 is 0 Å². The summed E-state index contributed by atoms with van der Waals surface area (Å²) in [6, 6.07) is 9.69. The van der Waals surface area contributed by atoms with Gasteiger partial charge >= 0.3 is 11.9 Å². The quantitative estimate of drug-likeness (QED) is 0.428. The number of carbonyl (C=O) groups excluding carboxylic acids is 2. The van der Waals surface area contributed by atoms with E-state index in [0.29, 0.717) is 5.76 Å². The van der Waals surface area contributed by atoms with E-state index in [0.717, 1.165) is 17.5 Å². The fourth-order valence-corrected chi connectivity index (χ4v) is 2.88. The lowest BCUT2D eigenvalue weighted by Gasteiger charge is -2.27. The van der Waals surface area contributed by atoms with Gasteiger partial charge in [-0.3, -0.25) is 0 Å². The van der Waals surface area contributed by atoms with Crippen molar-refractivity contribution in [2.24, 2.45) is 5.73 Å². The van der Waals surface area contributed by atoms with E-state index in [9.17, 15) is 14.9 Å². The van der Waals surface area contributed by atoms with Gasteiger partial charge in [-0.25, -0.2) is 9.59 Å². The third kappa shape index (κ3) is 5.05. The van der Waals surface area contributed by atoms with Crippen molar-refractivity contribution in [1.82, 2.24) is 0 Å². The molecule has 1 atom stereocenters. The number of esters is 2. The summed E-state index contributed by atoms with van der Waals surface area (Å²) in [7, 11) is 0. The van der Waals surface area contributed by atoms with E-state index in [4.69, 9.17) is 19.9 Å². The highest BCUT2D eigenvalue weighted by Crippen LogP contribution is 2.39. The van der Waals surface area contributed by atoms with E-state index in [1.165, 1.54) is 6.92 Å². The zero-order chi connectivity index (χ0) is 21.6. The number of rotatable bonds is 7. The van der Waals surface area contributed by atoms with Gasteiger partial charge in [-0.05, 0) is 31.4 Å². The highest BCUT2D eigenvalue weighted by Gasteiger charge is 2.36. The fraction of sp³-hybridized carbons (Fsp3) is 0.318. The molecule has 0 amide bonds. The van der Waals surface area contributed by atoms with Crippen LogP contribution in [0.5, 0.6) is 0 Å². The van der Waals surface area contributed by atoms with Gasteiger partial charge in [-0.1, -0.05) is 37.8 Å². The molecule has 29 heavy (non-hydrogen) atoms. The molecule has 2 rings (SSSR count). The summed E-state index contributed by atoms with van der Waals surface area (Å²) in [5, 5.41) is 9.64. The lowest BCUT2D eigenvalue weighted by Crippen LogP contribution is -2.27. The number of hydrogen-bond acceptors (Lipinski definition) is 7. The summed E-state index contributed by atoms with van der Waals surface area (Å²) in [5.41, 5.74) is 8.41. The Kier molecular flexibility index (Phi) is 7.21. The zero-order valence-corrected chi connectivity index (χ0v) is 16.8. The highest BCUT2D eigenvalue weighted by atomic mass is 16.6. The van der Waals surface area contributed by atoms with Crippen molar-refractivity contribution in [3.05, 3.63) is 70.3 Å². The van der Waals surface area contributed by atoms with Crippen LogP contribution in [-0.2, 0) is 30.2 Å². The summed E-state index contributed by atoms with van der Waals surface area (Å²) < 4.78 is 15.5. The summed E-state index contributed by atoms with van der Waals surface area (Å²) >= 11 is 0. The van der Waals surface area contributed by atoms with Gasteiger partial charge < -0.3 is 19.9 Å². The Morgan fingerprint density at radius 1 is 1.24 bits per heavy atom. The molecule has 0 fully saturated rings. The normalized spacial score (nSPS) is 16.0. The zero-order valence-electron chi connectivity index (χ0n) is 16.8. The topological polar surface area (TPSA) is 112 Å². The van der Waals surface area contributed by atoms with Crippen LogP contribution in [-0.4, -0.2) is 25.2 Å². The van der Waals surface area contributed by atoms with E-state index >= 15 is 0 Å². The maximum Gasteiger partial charge on any atom is 0.340 e. The number of nitriles is 1. The van der Waals surface area contributed by atoms with Crippen LogP contribution in [0.4, 0.5) is 0 Å². The molecule has 7 heteroatoms. The third-order valence-corrected chi connectivity index (χ3v) is 4.44. The molecule has 1 aliphatic rings. The predicted octanol–water partition coefficient (Wildman–Crippen LogP) is 2.99. The van der Waals surface area contributed by atoms with Crippen molar-refractivity contribution in [3.8, 4) is 6.07 Å². The molecule has 0 spiro atoms. The first kappa shape index (κ1) is 21.8. The molecule has 0 unspecified atom stereocenters. The van der Waals surface area contributed by atoms with Gasteiger partial charge in [-0.15, -0.1) is 0 Å². The van der Waals surface area contributed by atoms with Gasteiger partial charge in [0.05, 0.1) is 17.6 Å². The second kappa shape index (κ2) is 9.60. The number of nitrogens with two attached hydrogens (primary N) is 1. The number of benzene rings is 1. The molecule has 152 valence electrons. The average molecular weight is 396 g/mol. The first-order valence-electron chi connectivity index (χ1n) is 9.17. The molecule has 1 heterocycles. The van der Waals surface area contributed by atoms with E-state index in [-0.39, 0.29) is 35.8 Å². The lowest BCUT2D eigenvalue weighted by molar-refractivity contribution is -0.147. The monoisotopic (exact) mass is 396 g/mol. The first-order chi connectivity index (χ1) is 13.8. The van der Waals surface area contributed by atoms with Crippen LogP contribution in [0, 0.1) is 11.3 Å². The Morgan fingerprint density at radius 2 is 1.86 bits per heavy atom. The summed E-state index contributed by atoms with van der Waals surface area (Å²) in [6.45, 7) is 8.36. The minimum Gasteiger partial charge on any atom is -0.459 e. The van der Waals surface area contributed by atoms with Gasteiger partial charge in [0.15, 0.2) is 0 Å². The van der Waals surface area contributed by atoms with Gasteiger partial charge in [-0.2, -0.15) is 5.26 Å². The molecule has 2 N–H and O–H groups in total. The molecular weight excluding hydrogens is 372 g/mol. The van der Waals surface area contributed by atoms with Crippen LogP contribution < -0.4 is 5.73 Å². The molecule has 0 saturated carbocycles. The molecule has 0 bridgehead atoms. The van der Waals surface area contributed by atoms with E-state index < -0.39 is 17.9 Å². The van der Waals surface area contributed by atoms with Gasteiger partial charge in [0, 0.05) is 5.57 Å². The predicted molar refractivity (Wildman–Crippen MR) is 106 cm³/mol. The summed E-state index contributed by atoms with van der Waals surface area (Å²) in [5.74, 6) is -1.79. The Labute approximate surface area is 170 Å². The molecule has 1 aromatic rings. The smallest absolute Gasteiger partial charge is 0.340 e. The Bertz CT molecular complexity index is 920. The minimum absolute atomic E-state index is 0.0441. The second-order valence-corrected chi connectivity index (χ2v) is 6.54. The number of nitrogens with zero attached hydrogens (tertiary/aromatic N) is 1. The SMILES string of the molecule is C=C(C)C(=O)OCCOC(=O)C1=C(N)OC(C)=C(C#N)[C@H]1c1ccc(CC)cc1. The molecule has 0 aliphatic carbocycles. The molecule has 0 aromatic heterocycles. The second-order valence-electron chi connectivity index (χ2n) is 6.54. The van der Waals surface area contributed by atoms with Crippen molar-refractivity contribution >= 4 is 11.9 Å². The maximum absolute atomic E-state index is 12.7. The van der Waals surface area contributed by atoms with Gasteiger partial charge in [0.2, 0.25) is 5.88 Å². The molecule has 7 nitrogen and oxygen atoms in total. The van der Waals surface area contributed by atoms with Crippen LogP contribution in [0.25, 0.3) is 0 Å². The van der Waals surface area contributed by atoms with Crippen LogP contribution in [0.1, 0.15) is 37.8 Å². The van der Waals surface area contributed by atoms with Crippen LogP contribution in [0.3, 0.4) is 0 Å². The number of hydrogen-bond donors (Lipinski definition) is 1. The lowest BCUT2D eigenvalue weighted by atomic mass is 9.83. The van der Waals surface area contributed by atoms with Gasteiger partial charge in [0.25, 0.3) is 0 Å². The first-order valence-corrected chi connectivity index (χ1v) is 9.17. The third-order valence-electron chi connectivity index (χ3n) is 4.44. The summed E-state index contributed by atoms with van der Waals surface area (Å²) in [6.07, 6.45) is 0.865. The van der Waals surface area contributed by atoms with Crippen molar-refractivity contribution < 1.29 is 23.8 Å². The average Bonchev–Trinajstić information content (AvgIpc) is 2.70. The van der Waals surface area contributed by atoms with Crippen LogP contribution in [0.2, 0.25) is 0 Å². The van der Waals surface area contributed by atoms with E-state index in [1.807, 2.05) is 31.2 Å². The molecular formula is C22H24N2O5. The van der Waals surface area contributed by atoms with E-state index in [2.05, 4.69) is 12.6 Å². The van der Waals surface area contributed by atoms with Gasteiger partial charge in [0.1, 0.15) is 24.5 Å². The van der Waals surface area contributed by atoms with Crippen molar-refractivity contribution in [3.63, 3.8) is 0 Å². The minimum atomic E-state index is -0.737. The largest absolute Gasteiger partial charge is 0.459 e. The number of ether oxygens (including phenoxy) is 3. The van der Waals surface area contributed by atoms with Crippen LogP contribution in [0.15, 0.2) is 59.2 Å². The number of allylic oxidation sites excluding steroid dienone is 2. The molecule has 1 aromatic carbocycles. The Morgan fingerprint density at radius 3 is 2.41 bits per heavy atom. The van der Waals surface area contributed by atoms with Crippen molar-refractivity contribution in [2.75, 3.05) is 13.2 Å². The standard InChI is InChI=1S/C22H24N2O5/c1-5-15-6-8-16(9-7-15)18-17(12-23)14(4)29-20(24)19(18)22(26)28-11-10-27-21(25)13(2)3/h6-9,18H,2,5,10-11,24H2,1,3-4H3/t18-/m1/s1. The molecule has 1 aliphatic heterocycles. The van der Waals surface area contributed by atoms with Crippen molar-refractivity contribution in [1.29, 1.82) is 5.26 Å². The van der Waals surface area contributed by atoms with E-state index in [1.54, 1.807) is 6.92 Å². The highest BCUT2D eigenvalue weighted by molar-refractivity contribution is 5.92. The van der Waals surface area contributed by atoms with Crippen molar-refractivity contribution in [2.45, 2.75) is 33.1 Å². The summed E-state index contributed by atoms with van der Waals surface area (Å²) in [4.78, 5) is 24.1. The maximum atomic E-state index is 12.7. The fourth-order valence-electron chi connectivity index (χ4n) is 2.88. The Balaban J connectivity index is 2.25. The Hall–Kier alpha value is -3.53. The molecule has 0 radical (unpaired) electrons.